The molecule has 5 nitrogen and oxygen atoms in total. The van der Waals surface area contributed by atoms with Crippen LogP contribution in [0.5, 0.6) is 0 Å². The van der Waals surface area contributed by atoms with E-state index in [-0.39, 0.29) is 24.8 Å². The minimum absolute atomic E-state index is 0.0374. The molecule has 1 fully saturated rings. The Hall–Kier alpha value is -0.810. The predicted octanol–water partition coefficient (Wildman–Crippen LogP) is 0.966. The van der Waals surface area contributed by atoms with Gasteiger partial charge in [-0.05, 0) is 27.2 Å². The SMILES string of the molecule is CC[C@@H]1CN[C@@H](CO)CN1C(=O)OC(C)(C)C. The van der Waals surface area contributed by atoms with Crippen molar-refractivity contribution in [3.8, 4) is 0 Å². The van der Waals surface area contributed by atoms with Crippen LogP contribution in [0.3, 0.4) is 0 Å². The number of hydrogen-bond acceptors (Lipinski definition) is 4. The van der Waals surface area contributed by atoms with E-state index in [1.165, 1.54) is 0 Å². The highest BCUT2D eigenvalue weighted by Crippen LogP contribution is 2.16. The molecule has 2 N–H and O–H groups in total. The van der Waals surface area contributed by atoms with Crippen molar-refractivity contribution in [1.29, 1.82) is 0 Å². The lowest BCUT2D eigenvalue weighted by atomic mass is 10.1. The van der Waals surface area contributed by atoms with Crippen molar-refractivity contribution in [3.63, 3.8) is 0 Å². The number of aliphatic hydroxyl groups is 1. The fraction of sp³-hybridized carbons (Fsp3) is 0.917. The van der Waals surface area contributed by atoms with Gasteiger partial charge in [-0.25, -0.2) is 4.79 Å². The molecule has 100 valence electrons. The van der Waals surface area contributed by atoms with Gasteiger partial charge in [-0.1, -0.05) is 6.92 Å². The first kappa shape index (κ1) is 14.3. The number of hydrogen-bond donors (Lipinski definition) is 2. The van der Waals surface area contributed by atoms with E-state index >= 15 is 0 Å². The molecule has 0 unspecified atom stereocenters. The summed E-state index contributed by atoms with van der Waals surface area (Å²) >= 11 is 0. The third-order valence-corrected chi connectivity index (χ3v) is 2.82. The average Bonchev–Trinajstić information content (AvgIpc) is 2.25. The highest BCUT2D eigenvalue weighted by atomic mass is 16.6. The zero-order valence-electron chi connectivity index (χ0n) is 11.2. The number of aliphatic hydroxyl groups excluding tert-OH is 1. The van der Waals surface area contributed by atoms with Gasteiger partial charge in [0.05, 0.1) is 6.61 Å². The lowest BCUT2D eigenvalue weighted by Gasteiger charge is -2.40. The second-order valence-corrected chi connectivity index (χ2v) is 5.48. The Kier molecular flexibility index (Phi) is 4.77. The molecule has 0 bridgehead atoms. The maximum atomic E-state index is 12.0. The quantitative estimate of drug-likeness (QED) is 0.759. The first-order chi connectivity index (χ1) is 7.87. The largest absolute Gasteiger partial charge is 0.444 e. The van der Waals surface area contributed by atoms with Crippen LogP contribution in [0.4, 0.5) is 4.79 Å². The lowest BCUT2D eigenvalue weighted by molar-refractivity contribution is 0.00407. The molecule has 1 aliphatic heterocycles. The van der Waals surface area contributed by atoms with Gasteiger partial charge in [0.25, 0.3) is 0 Å². The Balaban J connectivity index is 2.66. The Morgan fingerprint density at radius 3 is 2.65 bits per heavy atom. The number of piperazine rings is 1. The van der Waals surface area contributed by atoms with Crippen molar-refractivity contribution < 1.29 is 14.6 Å². The molecule has 0 aromatic carbocycles. The molecular formula is C12H24N2O3. The molecule has 1 aliphatic rings. The van der Waals surface area contributed by atoms with E-state index in [9.17, 15) is 4.79 Å². The summed E-state index contributed by atoms with van der Waals surface area (Å²) < 4.78 is 5.38. The Morgan fingerprint density at radius 1 is 1.53 bits per heavy atom. The van der Waals surface area contributed by atoms with Gasteiger partial charge in [0.2, 0.25) is 0 Å². The maximum Gasteiger partial charge on any atom is 0.410 e. The van der Waals surface area contributed by atoms with Crippen LogP contribution in [0.2, 0.25) is 0 Å². The summed E-state index contributed by atoms with van der Waals surface area (Å²) in [7, 11) is 0. The number of amides is 1. The van der Waals surface area contributed by atoms with Crippen LogP contribution < -0.4 is 5.32 Å². The van der Waals surface area contributed by atoms with Gasteiger partial charge < -0.3 is 20.1 Å². The van der Waals surface area contributed by atoms with E-state index in [1.807, 2.05) is 27.7 Å². The molecule has 0 saturated carbocycles. The Labute approximate surface area is 103 Å². The van der Waals surface area contributed by atoms with E-state index in [2.05, 4.69) is 5.32 Å². The molecule has 17 heavy (non-hydrogen) atoms. The Bertz CT molecular complexity index is 263. The summed E-state index contributed by atoms with van der Waals surface area (Å²) in [6.07, 6.45) is 0.592. The average molecular weight is 244 g/mol. The minimum atomic E-state index is -0.477. The normalized spacial score (nSPS) is 25.8. The summed E-state index contributed by atoms with van der Waals surface area (Å²) in [6, 6.07) is 0.0953. The topological polar surface area (TPSA) is 61.8 Å². The van der Waals surface area contributed by atoms with Crippen molar-refractivity contribution in [2.24, 2.45) is 0 Å². The van der Waals surface area contributed by atoms with Gasteiger partial charge in [0, 0.05) is 25.2 Å². The number of carbonyl (C=O) groups is 1. The van der Waals surface area contributed by atoms with E-state index in [0.29, 0.717) is 13.1 Å². The van der Waals surface area contributed by atoms with Crippen molar-refractivity contribution >= 4 is 6.09 Å². The van der Waals surface area contributed by atoms with Crippen molar-refractivity contribution in [3.05, 3.63) is 0 Å². The highest BCUT2D eigenvalue weighted by molar-refractivity contribution is 5.68. The van der Waals surface area contributed by atoms with E-state index in [1.54, 1.807) is 4.90 Å². The highest BCUT2D eigenvalue weighted by Gasteiger charge is 2.32. The zero-order valence-corrected chi connectivity index (χ0v) is 11.2. The molecule has 0 aliphatic carbocycles. The summed E-state index contributed by atoms with van der Waals surface area (Å²) in [5.74, 6) is 0. The van der Waals surface area contributed by atoms with Crippen LogP contribution in [0.1, 0.15) is 34.1 Å². The van der Waals surface area contributed by atoms with Crippen molar-refractivity contribution in [2.75, 3.05) is 19.7 Å². The minimum Gasteiger partial charge on any atom is -0.444 e. The summed E-state index contributed by atoms with van der Waals surface area (Å²) in [5, 5.41) is 12.4. The molecule has 0 aromatic rings. The first-order valence-electron chi connectivity index (χ1n) is 6.21. The molecule has 5 heteroatoms. The van der Waals surface area contributed by atoms with Crippen LogP contribution in [0.15, 0.2) is 0 Å². The van der Waals surface area contributed by atoms with Crippen molar-refractivity contribution in [1.82, 2.24) is 10.2 Å². The molecule has 0 aromatic heterocycles. The summed E-state index contributed by atoms with van der Waals surface area (Å²) in [6.45, 7) is 8.87. The second-order valence-electron chi connectivity index (χ2n) is 5.48. The molecule has 0 radical (unpaired) electrons. The van der Waals surface area contributed by atoms with E-state index in [0.717, 1.165) is 6.42 Å². The lowest BCUT2D eigenvalue weighted by Crippen LogP contribution is -2.59. The van der Waals surface area contributed by atoms with Crippen LogP contribution in [0, 0.1) is 0 Å². The third kappa shape index (κ3) is 4.16. The molecule has 0 spiro atoms. The monoisotopic (exact) mass is 244 g/mol. The summed E-state index contributed by atoms with van der Waals surface area (Å²) in [4.78, 5) is 13.8. The van der Waals surface area contributed by atoms with Crippen LogP contribution in [0.25, 0.3) is 0 Å². The number of rotatable bonds is 2. The van der Waals surface area contributed by atoms with Crippen LogP contribution in [-0.2, 0) is 4.74 Å². The molecule has 2 atom stereocenters. The molecular weight excluding hydrogens is 220 g/mol. The number of nitrogens with zero attached hydrogens (tertiary/aromatic N) is 1. The molecule has 1 amide bonds. The van der Waals surface area contributed by atoms with Crippen LogP contribution in [-0.4, -0.2) is 53.5 Å². The van der Waals surface area contributed by atoms with E-state index in [4.69, 9.17) is 9.84 Å². The van der Waals surface area contributed by atoms with E-state index < -0.39 is 5.60 Å². The Morgan fingerprint density at radius 2 is 2.18 bits per heavy atom. The van der Waals surface area contributed by atoms with Gasteiger partial charge in [-0.15, -0.1) is 0 Å². The smallest absolute Gasteiger partial charge is 0.410 e. The van der Waals surface area contributed by atoms with Crippen LogP contribution >= 0.6 is 0 Å². The van der Waals surface area contributed by atoms with Gasteiger partial charge >= 0.3 is 6.09 Å². The molecule has 1 rings (SSSR count). The standard InChI is InChI=1S/C12H24N2O3/c1-5-10-6-13-9(8-15)7-14(10)11(16)17-12(2,3)4/h9-10,13,15H,5-8H2,1-4H3/t9-,10-/m1/s1. The second kappa shape index (κ2) is 5.69. The molecule has 1 saturated heterocycles. The fourth-order valence-electron chi connectivity index (χ4n) is 1.90. The molecule has 1 heterocycles. The summed E-state index contributed by atoms with van der Waals surface area (Å²) in [5.41, 5.74) is -0.477. The fourth-order valence-corrected chi connectivity index (χ4v) is 1.90. The van der Waals surface area contributed by atoms with Gasteiger partial charge in [0.15, 0.2) is 0 Å². The van der Waals surface area contributed by atoms with Gasteiger partial charge in [-0.3, -0.25) is 0 Å². The van der Waals surface area contributed by atoms with Gasteiger partial charge in [0.1, 0.15) is 5.60 Å². The third-order valence-electron chi connectivity index (χ3n) is 2.82. The number of carbonyl (C=O) groups excluding carboxylic acids is 1. The van der Waals surface area contributed by atoms with Crippen molar-refractivity contribution in [2.45, 2.75) is 51.8 Å². The number of ether oxygens (including phenoxy) is 1. The van der Waals surface area contributed by atoms with Gasteiger partial charge in [-0.2, -0.15) is 0 Å². The first-order valence-corrected chi connectivity index (χ1v) is 6.21. The predicted molar refractivity (Wildman–Crippen MR) is 65.9 cm³/mol. The number of nitrogens with one attached hydrogen (secondary N) is 1. The maximum absolute atomic E-state index is 12.0. The zero-order chi connectivity index (χ0) is 13.1.